The molecule has 0 saturated carbocycles. The van der Waals surface area contributed by atoms with Gasteiger partial charge in [0.2, 0.25) is 0 Å². The Morgan fingerprint density at radius 1 is 1.32 bits per heavy atom. The lowest BCUT2D eigenvalue weighted by molar-refractivity contribution is 0.267. The summed E-state index contributed by atoms with van der Waals surface area (Å²) < 4.78 is 13.2. The van der Waals surface area contributed by atoms with Crippen LogP contribution in [0.2, 0.25) is 0 Å². The number of hydrogen-bond donors (Lipinski definition) is 1. The van der Waals surface area contributed by atoms with Crippen LogP contribution < -0.4 is 0 Å². The Hall–Kier alpha value is -1.09. The predicted molar refractivity (Wildman–Crippen MR) is 75.6 cm³/mol. The van der Waals surface area contributed by atoms with Gasteiger partial charge in [-0.1, -0.05) is 19.8 Å². The minimum Gasteiger partial charge on any atom is -0.508 e. The molecule has 1 atom stereocenters. The Morgan fingerprint density at radius 3 is 2.95 bits per heavy atom. The monoisotopic (exact) mass is 265 g/mol. The molecule has 1 fully saturated rings. The van der Waals surface area contributed by atoms with Gasteiger partial charge in [-0.3, -0.25) is 4.90 Å². The first kappa shape index (κ1) is 14.3. The molecule has 106 valence electrons. The summed E-state index contributed by atoms with van der Waals surface area (Å²) in [5.41, 5.74) is 0.703. The van der Waals surface area contributed by atoms with Crippen LogP contribution in [-0.2, 0) is 6.54 Å². The van der Waals surface area contributed by atoms with Crippen LogP contribution in [0.3, 0.4) is 0 Å². The third kappa shape index (κ3) is 4.20. The Balaban J connectivity index is 1.94. The molecule has 1 aliphatic heterocycles. The first-order valence-electron chi connectivity index (χ1n) is 7.38. The second-order valence-electron chi connectivity index (χ2n) is 5.63. The summed E-state index contributed by atoms with van der Waals surface area (Å²) in [5, 5.41) is 9.78. The predicted octanol–water partition coefficient (Wildman–Crippen LogP) is 3.93. The van der Waals surface area contributed by atoms with Gasteiger partial charge in [0.1, 0.15) is 11.6 Å². The molecule has 2 nitrogen and oxygen atoms in total. The molecule has 1 heterocycles. The maximum absolute atomic E-state index is 13.2. The lowest BCUT2D eigenvalue weighted by Crippen LogP contribution is -2.24. The molecule has 1 aromatic rings. The summed E-state index contributed by atoms with van der Waals surface area (Å²) in [5.74, 6) is 0.776. The third-order valence-electron chi connectivity index (χ3n) is 4.07. The van der Waals surface area contributed by atoms with Gasteiger partial charge in [0.15, 0.2) is 0 Å². The maximum Gasteiger partial charge on any atom is 0.123 e. The van der Waals surface area contributed by atoms with E-state index >= 15 is 0 Å². The van der Waals surface area contributed by atoms with Crippen molar-refractivity contribution < 1.29 is 9.50 Å². The second kappa shape index (κ2) is 6.90. The highest BCUT2D eigenvalue weighted by Gasteiger charge is 2.17. The van der Waals surface area contributed by atoms with Gasteiger partial charge in [-0.2, -0.15) is 0 Å². The molecule has 0 aliphatic carbocycles. The number of likely N-dealkylation sites (tertiary alicyclic amines) is 1. The van der Waals surface area contributed by atoms with E-state index in [-0.39, 0.29) is 11.6 Å². The average molecular weight is 265 g/mol. The number of halogens is 1. The molecule has 0 aromatic heterocycles. The van der Waals surface area contributed by atoms with E-state index in [0.29, 0.717) is 12.1 Å². The number of rotatable bonds is 4. The Kier molecular flexibility index (Phi) is 5.20. The maximum atomic E-state index is 13.2. The minimum atomic E-state index is -0.272. The van der Waals surface area contributed by atoms with Gasteiger partial charge in [0.05, 0.1) is 0 Å². The van der Waals surface area contributed by atoms with E-state index in [1.165, 1.54) is 50.3 Å². The van der Waals surface area contributed by atoms with E-state index in [0.717, 1.165) is 19.0 Å². The summed E-state index contributed by atoms with van der Waals surface area (Å²) in [4.78, 5) is 2.34. The van der Waals surface area contributed by atoms with Crippen LogP contribution in [0, 0.1) is 11.7 Å². The number of phenols is 1. The third-order valence-corrected chi connectivity index (χ3v) is 4.07. The van der Waals surface area contributed by atoms with E-state index in [1.807, 2.05) is 0 Å². The van der Waals surface area contributed by atoms with Crippen LogP contribution >= 0.6 is 0 Å². The summed E-state index contributed by atoms with van der Waals surface area (Å²) in [6.45, 7) is 5.01. The molecule has 2 rings (SSSR count). The molecular weight excluding hydrogens is 241 g/mol. The van der Waals surface area contributed by atoms with E-state index in [9.17, 15) is 9.50 Å². The van der Waals surface area contributed by atoms with E-state index in [1.54, 1.807) is 0 Å². The van der Waals surface area contributed by atoms with Crippen molar-refractivity contribution in [2.45, 2.75) is 45.6 Å². The lowest BCUT2D eigenvalue weighted by atomic mass is 9.96. The topological polar surface area (TPSA) is 23.5 Å². The van der Waals surface area contributed by atoms with Crippen LogP contribution in [0.5, 0.6) is 5.75 Å². The standard InChI is InChI=1S/C16H24FNO/c1-2-4-13-5-3-9-18(10-8-13)12-14-11-15(17)6-7-16(14)19/h6-7,11,13,19H,2-5,8-10,12H2,1H3. The fourth-order valence-corrected chi connectivity index (χ4v) is 3.00. The molecule has 1 unspecified atom stereocenters. The van der Waals surface area contributed by atoms with Gasteiger partial charge in [0.25, 0.3) is 0 Å². The lowest BCUT2D eigenvalue weighted by Gasteiger charge is -2.20. The fraction of sp³-hybridized carbons (Fsp3) is 0.625. The van der Waals surface area contributed by atoms with Gasteiger partial charge in [-0.15, -0.1) is 0 Å². The molecule has 19 heavy (non-hydrogen) atoms. The highest BCUT2D eigenvalue weighted by Crippen LogP contribution is 2.25. The zero-order chi connectivity index (χ0) is 13.7. The van der Waals surface area contributed by atoms with Crippen molar-refractivity contribution in [3.05, 3.63) is 29.6 Å². The molecule has 1 aliphatic rings. The van der Waals surface area contributed by atoms with Crippen molar-refractivity contribution in [1.29, 1.82) is 0 Å². The molecule has 1 N–H and O–H groups in total. The van der Waals surface area contributed by atoms with Gasteiger partial charge < -0.3 is 5.11 Å². The van der Waals surface area contributed by atoms with Gasteiger partial charge in [-0.25, -0.2) is 4.39 Å². The number of nitrogens with zero attached hydrogens (tertiary/aromatic N) is 1. The summed E-state index contributed by atoms with van der Waals surface area (Å²) in [7, 11) is 0. The Labute approximate surface area is 115 Å². The van der Waals surface area contributed by atoms with Crippen molar-refractivity contribution >= 4 is 0 Å². The first-order chi connectivity index (χ1) is 9.19. The molecule has 1 saturated heterocycles. The van der Waals surface area contributed by atoms with Crippen LogP contribution in [0.4, 0.5) is 4.39 Å². The average Bonchev–Trinajstić information content (AvgIpc) is 2.60. The summed E-state index contributed by atoms with van der Waals surface area (Å²) >= 11 is 0. The van der Waals surface area contributed by atoms with E-state index < -0.39 is 0 Å². The number of hydrogen-bond acceptors (Lipinski definition) is 2. The normalized spacial score (nSPS) is 21.3. The van der Waals surface area contributed by atoms with Crippen LogP contribution in [0.15, 0.2) is 18.2 Å². The van der Waals surface area contributed by atoms with Crippen LogP contribution in [0.1, 0.15) is 44.6 Å². The molecule has 0 spiro atoms. The van der Waals surface area contributed by atoms with Gasteiger partial charge in [0, 0.05) is 12.1 Å². The van der Waals surface area contributed by atoms with Crippen molar-refractivity contribution in [2.24, 2.45) is 5.92 Å². The molecule has 0 amide bonds. The van der Waals surface area contributed by atoms with Crippen molar-refractivity contribution in [3.8, 4) is 5.75 Å². The second-order valence-corrected chi connectivity index (χ2v) is 5.63. The van der Waals surface area contributed by atoms with Crippen molar-refractivity contribution in [2.75, 3.05) is 13.1 Å². The number of phenolic OH excluding ortho intramolecular Hbond substituents is 1. The summed E-state index contributed by atoms with van der Waals surface area (Å²) in [6, 6.07) is 4.20. The smallest absolute Gasteiger partial charge is 0.123 e. The highest BCUT2D eigenvalue weighted by atomic mass is 19.1. The van der Waals surface area contributed by atoms with E-state index in [4.69, 9.17) is 0 Å². The van der Waals surface area contributed by atoms with Crippen molar-refractivity contribution in [3.63, 3.8) is 0 Å². The zero-order valence-electron chi connectivity index (χ0n) is 11.7. The number of aromatic hydroxyl groups is 1. The molecule has 0 radical (unpaired) electrons. The van der Waals surface area contributed by atoms with Crippen LogP contribution in [-0.4, -0.2) is 23.1 Å². The largest absolute Gasteiger partial charge is 0.508 e. The van der Waals surface area contributed by atoms with E-state index in [2.05, 4.69) is 11.8 Å². The quantitative estimate of drug-likeness (QED) is 0.891. The molecule has 0 bridgehead atoms. The fourth-order valence-electron chi connectivity index (χ4n) is 3.00. The minimum absolute atomic E-state index is 0.204. The number of benzene rings is 1. The molecule has 3 heteroatoms. The van der Waals surface area contributed by atoms with Gasteiger partial charge >= 0.3 is 0 Å². The van der Waals surface area contributed by atoms with Crippen LogP contribution in [0.25, 0.3) is 0 Å². The highest BCUT2D eigenvalue weighted by molar-refractivity contribution is 5.32. The summed E-state index contributed by atoms with van der Waals surface area (Å²) in [6.07, 6.45) is 6.32. The zero-order valence-corrected chi connectivity index (χ0v) is 11.7. The first-order valence-corrected chi connectivity index (χ1v) is 7.38. The Morgan fingerprint density at radius 2 is 2.16 bits per heavy atom. The van der Waals surface area contributed by atoms with Gasteiger partial charge in [-0.05, 0) is 56.5 Å². The molecule has 1 aromatic carbocycles. The SMILES string of the molecule is CCCC1CCCN(Cc2cc(F)ccc2O)CC1. The molecular formula is C16H24FNO. The van der Waals surface area contributed by atoms with Crippen molar-refractivity contribution in [1.82, 2.24) is 4.90 Å². The Bertz CT molecular complexity index is 408.